The van der Waals surface area contributed by atoms with E-state index in [1.54, 1.807) is 0 Å². The summed E-state index contributed by atoms with van der Waals surface area (Å²) in [5.41, 5.74) is 0. The van der Waals surface area contributed by atoms with Gasteiger partial charge in [-0.2, -0.15) is 0 Å². The van der Waals surface area contributed by atoms with Crippen molar-refractivity contribution in [1.82, 2.24) is 5.32 Å². The molecule has 1 saturated carbocycles. The summed E-state index contributed by atoms with van der Waals surface area (Å²) in [7, 11) is 0. The lowest BCUT2D eigenvalue weighted by Crippen LogP contribution is -2.24. The van der Waals surface area contributed by atoms with E-state index in [0.29, 0.717) is 13.2 Å². The summed E-state index contributed by atoms with van der Waals surface area (Å²) in [4.78, 5) is 22.2. The predicted molar refractivity (Wildman–Crippen MR) is 66.2 cm³/mol. The van der Waals surface area contributed by atoms with E-state index in [0.717, 1.165) is 18.9 Å². The second-order valence-corrected chi connectivity index (χ2v) is 4.60. The molecule has 6 nitrogen and oxygen atoms in total. The van der Waals surface area contributed by atoms with Crippen molar-refractivity contribution in [1.29, 1.82) is 0 Å². The minimum absolute atomic E-state index is 0.0105. The molecule has 0 aliphatic heterocycles. The van der Waals surface area contributed by atoms with E-state index >= 15 is 0 Å². The third-order valence-corrected chi connectivity index (χ3v) is 2.84. The molecule has 0 aromatic carbocycles. The van der Waals surface area contributed by atoms with Gasteiger partial charge in [0.05, 0.1) is 0 Å². The highest BCUT2D eigenvalue weighted by Crippen LogP contribution is 2.28. The zero-order valence-electron chi connectivity index (χ0n) is 10.6. The molecule has 2 rings (SSSR count). The standard InChI is InChI=1S/C13H17NO5/c15-12(10-4-5-11(19-10)13(16)17)14-6-1-7-18-8-9-2-3-9/h4-5,9H,1-3,6-8H2,(H,14,15)(H,16,17). The number of amides is 1. The fourth-order valence-electron chi connectivity index (χ4n) is 1.57. The maximum Gasteiger partial charge on any atom is 0.371 e. The van der Waals surface area contributed by atoms with Crippen molar-refractivity contribution in [3.05, 3.63) is 23.7 Å². The Hall–Kier alpha value is -1.82. The Morgan fingerprint density at radius 3 is 2.74 bits per heavy atom. The monoisotopic (exact) mass is 267 g/mol. The normalized spacial score (nSPS) is 14.3. The van der Waals surface area contributed by atoms with Crippen LogP contribution in [0.1, 0.15) is 40.4 Å². The lowest BCUT2D eigenvalue weighted by atomic mass is 10.4. The molecule has 1 fully saturated rings. The van der Waals surface area contributed by atoms with Gasteiger partial charge in [0, 0.05) is 19.8 Å². The number of aromatic carboxylic acids is 1. The highest BCUT2D eigenvalue weighted by molar-refractivity contribution is 5.93. The Bertz CT molecular complexity index is 450. The first kappa shape index (κ1) is 13.6. The van der Waals surface area contributed by atoms with Gasteiger partial charge >= 0.3 is 5.97 Å². The molecule has 2 N–H and O–H groups in total. The van der Waals surface area contributed by atoms with Gasteiger partial charge in [-0.3, -0.25) is 4.79 Å². The topological polar surface area (TPSA) is 88.8 Å². The van der Waals surface area contributed by atoms with Crippen LogP contribution < -0.4 is 5.32 Å². The Morgan fingerprint density at radius 1 is 1.37 bits per heavy atom. The van der Waals surface area contributed by atoms with Crippen LogP contribution >= 0.6 is 0 Å². The Balaban J connectivity index is 1.61. The van der Waals surface area contributed by atoms with Crippen LogP contribution in [0.3, 0.4) is 0 Å². The molecule has 104 valence electrons. The first-order valence-corrected chi connectivity index (χ1v) is 6.36. The molecule has 1 heterocycles. The van der Waals surface area contributed by atoms with Crippen molar-refractivity contribution in [2.24, 2.45) is 5.92 Å². The first-order valence-electron chi connectivity index (χ1n) is 6.36. The van der Waals surface area contributed by atoms with Crippen molar-refractivity contribution in [2.75, 3.05) is 19.8 Å². The maximum absolute atomic E-state index is 11.6. The summed E-state index contributed by atoms with van der Waals surface area (Å²) in [5, 5.41) is 11.3. The molecular formula is C13H17NO5. The van der Waals surface area contributed by atoms with Crippen LogP contribution in [0.25, 0.3) is 0 Å². The summed E-state index contributed by atoms with van der Waals surface area (Å²) < 4.78 is 10.3. The van der Waals surface area contributed by atoms with E-state index in [9.17, 15) is 9.59 Å². The number of hydrogen-bond acceptors (Lipinski definition) is 4. The Labute approximate surface area is 110 Å². The van der Waals surface area contributed by atoms with Crippen LogP contribution in [0.4, 0.5) is 0 Å². The summed E-state index contributed by atoms with van der Waals surface area (Å²) in [6.07, 6.45) is 3.26. The largest absolute Gasteiger partial charge is 0.475 e. The van der Waals surface area contributed by atoms with Crippen molar-refractivity contribution in [3.63, 3.8) is 0 Å². The van der Waals surface area contributed by atoms with Crippen molar-refractivity contribution < 1.29 is 23.8 Å². The number of carbonyl (C=O) groups is 2. The Kier molecular flexibility index (Phi) is 4.57. The molecule has 1 aromatic heterocycles. The molecule has 1 aliphatic carbocycles. The number of hydrogen-bond donors (Lipinski definition) is 2. The van der Waals surface area contributed by atoms with Crippen molar-refractivity contribution >= 4 is 11.9 Å². The lowest BCUT2D eigenvalue weighted by Gasteiger charge is -2.04. The number of nitrogens with one attached hydrogen (secondary N) is 1. The molecule has 0 radical (unpaired) electrons. The summed E-state index contributed by atoms with van der Waals surface area (Å²) in [5.74, 6) is -1.08. The van der Waals surface area contributed by atoms with Crippen molar-refractivity contribution in [2.45, 2.75) is 19.3 Å². The third kappa shape index (κ3) is 4.40. The number of rotatable bonds is 8. The highest BCUT2D eigenvalue weighted by atomic mass is 16.5. The van der Waals surface area contributed by atoms with Gasteiger partial charge in [0.1, 0.15) is 0 Å². The van der Waals surface area contributed by atoms with Crippen LogP contribution in [0, 0.1) is 5.92 Å². The second-order valence-electron chi connectivity index (χ2n) is 4.60. The first-order chi connectivity index (χ1) is 9.16. The van der Waals surface area contributed by atoms with E-state index in [1.165, 1.54) is 25.0 Å². The molecule has 1 amide bonds. The number of furan rings is 1. The molecular weight excluding hydrogens is 250 g/mol. The molecule has 0 unspecified atom stereocenters. The molecule has 0 bridgehead atoms. The summed E-state index contributed by atoms with van der Waals surface area (Å²) in [6, 6.07) is 2.61. The SMILES string of the molecule is O=C(O)c1ccc(C(=O)NCCCOCC2CC2)o1. The van der Waals surface area contributed by atoms with Crippen LogP contribution in [0.15, 0.2) is 16.5 Å². The van der Waals surface area contributed by atoms with Gasteiger partial charge in [0.25, 0.3) is 5.91 Å². The highest BCUT2D eigenvalue weighted by Gasteiger charge is 2.20. The average Bonchev–Trinajstić information content (AvgIpc) is 3.06. The number of ether oxygens (including phenoxy) is 1. The van der Waals surface area contributed by atoms with Crippen LogP contribution in [-0.4, -0.2) is 36.7 Å². The van der Waals surface area contributed by atoms with E-state index in [1.807, 2.05) is 0 Å². The van der Waals surface area contributed by atoms with E-state index < -0.39 is 11.9 Å². The summed E-state index contributed by atoms with van der Waals surface area (Å²) in [6.45, 7) is 1.91. The van der Waals surface area contributed by atoms with Crippen LogP contribution in [0.2, 0.25) is 0 Å². The van der Waals surface area contributed by atoms with Gasteiger partial charge in [0.15, 0.2) is 5.76 Å². The molecule has 0 spiro atoms. The van der Waals surface area contributed by atoms with Gasteiger partial charge in [-0.15, -0.1) is 0 Å². The van der Waals surface area contributed by atoms with Gasteiger partial charge in [-0.25, -0.2) is 4.79 Å². The van der Waals surface area contributed by atoms with Crippen LogP contribution in [0.5, 0.6) is 0 Å². The molecule has 1 aromatic rings. The molecule has 19 heavy (non-hydrogen) atoms. The zero-order valence-corrected chi connectivity index (χ0v) is 10.6. The van der Waals surface area contributed by atoms with Crippen molar-refractivity contribution in [3.8, 4) is 0 Å². The predicted octanol–water partition coefficient (Wildman–Crippen LogP) is 1.52. The smallest absolute Gasteiger partial charge is 0.371 e. The average molecular weight is 267 g/mol. The van der Waals surface area contributed by atoms with Gasteiger partial charge in [-0.1, -0.05) is 0 Å². The molecule has 0 atom stereocenters. The second kappa shape index (κ2) is 6.38. The third-order valence-electron chi connectivity index (χ3n) is 2.84. The quantitative estimate of drug-likeness (QED) is 0.697. The fourth-order valence-corrected chi connectivity index (χ4v) is 1.57. The summed E-state index contributed by atoms with van der Waals surface area (Å²) >= 11 is 0. The Morgan fingerprint density at radius 2 is 2.11 bits per heavy atom. The maximum atomic E-state index is 11.6. The molecule has 1 aliphatic rings. The molecule has 6 heteroatoms. The van der Waals surface area contributed by atoms with E-state index in [-0.39, 0.29) is 11.5 Å². The number of carboxylic acid groups (broad SMARTS) is 1. The minimum atomic E-state index is -1.19. The minimum Gasteiger partial charge on any atom is -0.475 e. The van der Waals surface area contributed by atoms with E-state index in [2.05, 4.69) is 5.32 Å². The van der Waals surface area contributed by atoms with Crippen LogP contribution in [-0.2, 0) is 4.74 Å². The fraction of sp³-hybridized carbons (Fsp3) is 0.538. The van der Waals surface area contributed by atoms with Gasteiger partial charge < -0.3 is 19.6 Å². The number of carbonyl (C=O) groups excluding carboxylic acids is 1. The van der Waals surface area contributed by atoms with E-state index in [4.69, 9.17) is 14.3 Å². The van der Waals surface area contributed by atoms with Gasteiger partial charge in [0.2, 0.25) is 5.76 Å². The van der Waals surface area contributed by atoms with Gasteiger partial charge in [-0.05, 0) is 37.3 Å². The number of carboxylic acids is 1. The molecule has 0 saturated heterocycles. The lowest BCUT2D eigenvalue weighted by molar-refractivity contribution is 0.0659. The zero-order chi connectivity index (χ0) is 13.7.